The van der Waals surface area contributed by atoms with Gasteiger partial charge in [-0.05, 0) is 13.0 Å². The molecule has 2 heterocycles. The summed E-state index contributed by atoms with van der Waals surface area (Å²) in [6.45, 7) is 1.98. The normalized spacial score (nSPS) is 10.2. The minimum atomic E-state index is -0.546. The summed E-state index contributed by atoms with van der Waals surface area (Å²) >= 11 is 0. The summed E-state index contributed by atoms with van der Waals surface area (Å²) in [5, 5.41) is 2.60. The Hall–Kier alpha value is -2.24. The number of carbonyl (C=O) groups is 1. The Labute approximate surface area is 96.7 Å². The smallest absolute Gasteiger partial charge is 0.253 e. The van der Waals surface area contributed by atoms with Gasteiger partial charge in [-0.1, -0.05) is 0 Å². The summed E-state index contributed by atoms with van der Waals surface area (Å²) in [6, 6.07) is 1.12. The minimum absolute atomic E-state index is 0.172. The molecule has 0 saturated heterocycles. The molecule has 1 amide bonds. The third-order valence-corrected chi connectivity index (χ3v) is 2.23. The number of halogens is 1. The van der Waals surface area contributed by atoms with Gasteiger partial charge in [0.1, 0.15) is 17.3 Å². The summed E-state index contributed by atoms with van der Waals surface area (Å²) in [7, 11) is 0. The van der Waals surface area contributed by atoms with Crippen molar-refractivity contribution in [3.63, 3.8) is 0 Å². The van der Waals surface area contributed by atoms with Gasteiger partial charge < -0.3 is 9.73 Å². The summed E-state index contributed by atoms with van der Waals surface area (Å²) < 4.78 is 17.8. The van der Waals surface area contributed by atoms with Crippen molar-refractivity contribution in [3.8, 4) is 0 Å². The molecule has 88 valence electrons. The van der Waals surface area contributed by atoms with Gasteiger partial charge >= 0.3 is 0 Å². The lowest BCUT2D eigenvalue weighted by Crippen LogP contribution is -2.23. The molecule has 0 fully saturated rings. The molecule has 0 aliphatic heterocycles. The maximum Gasteiger partial charge on any atom is 0.253 e. The van der Waals surface area contributed by atoms with Crippen LogP contribution in [-0.2, 0) is 6.54 Å². The van der Waals surface area contributed by atoms with E-state index in [1.54, 1.807) is 6.92 Å². The second kappa shape index (κ2) is 4.73. The monoisotopic (exact) mass is 235 g/mol. The Morgan fingerprint density at radius 3 is 3.00 bits per heavy atom. The van der Waals surface area contributed by atoms with Crippen molar-refractivity contribution in [2.45, 2.75) is 13.5 Å². The third-order valence-electron chi connectivity index (χ3n) is 2.23. The average molecular weight is 235 g/mol. The molecule has 2 rings (SSSR count). The molecular weight excluding hydrogens is 225 g/mol. The van der Waals surface area contributed by atoms with Gasteiger partial charge in [-0.25, -0.2) is 9.37 Å². The Morgan fingerprint density at radius 1 is 1.53 bits per heavy atom. The van der Waals surface area contributed by atoms with Crippen LogP contribution in [0, 0.1) is 12.7 Å². The van der Waals surface area contributed by atoms with Crippen LogP contribution in [0.25, 0.3) is 0 Å². The van der Waals surface area contributed by atoms with Gasteiger partial charge in [-0.2, -0.15) is 0 Å². The van der Waals surface area contributed by atoms with Crippen molar-refractivity contribution in [1.29, 1.82) is 0 Å². The van der Waals surface area contributed by atoms with E-state index in [-0.39, 0.29) is 12.1 Å². The number of nitrogens with one attached hydrogen (secondary N) is 1. The summed E-state index contributed by atoms with van der Waals surface area (Å²) in [5.41, 5.74) is 0.814. The molecule has 0 spiro atoms. The van der Waals surface area contributed by atoms with Crippen LogP contribution >= 0.6 is 0 Å². The summed E-state index contributed by atoms with van der Waals surface area (Å²) in [6.07, 6.45) is 3.65. The van der Waals surface area contributed by atoms with Gasteiger partial charge in [-0.3, -0.25) is 9.78 Å². The van der Waals surface area contributed by atoms with Crippen LogP contribution in [0.15, 0.2) is 29.3 Å². The second-order valence-electron chi connectivity index (χ2n) is 3.43. The van der Waals surface area contributed by atoms with E-state index in [1.807, 2.05) is 0 Å². The van der Waals surface area contributed by atoms with Crippen LogP contribution in [0.5, 0.6) is 0 Å². The van der Waals surface area contributed by atoms with Crippen LogP contribution in [0.3, 0.4) is 0 Å². The fourth-order valence-electron chi connectivity index (χ4n) is 1.30. The SMILES string of the molecule is Cc1ocnc1CNC(=O)c1cncc(F)c1. The summed E-state index contributed by atoms with van der Waals surface area (Å²) in [4.78, 5) is 19.2. The van der Waals surface area contributed by atoms with E-state index in [9.17, 15) is 9.18 Å². The molecule has 0 aromatic carbocycles. The highest BCUT2D eigenvalue weighted by Crippen LogP contribution is 2.05. The molecule has 1 N–H and O–H groups in total. The number of hydrogen-bond acceptors (Lipinski definition) is 4. The zero-order valence-corrected chi connectivity index (χ0v) is 9.11. The lowest BCUT2D eigenvalue weighted by molar-refractivity contribution is 0.0949. The molecule has 0 unspecified atom stereocenters. The molecule has 0 bridgehead atoms. The Morgan fingerprint density at radius 2 is 2.35 bits per heavy atom. The number of aromatic nitrogens is 2. The van der Waals surface area contributed by atoms with Crippen LogP contribution in [0.1, 0.15) is 21.8 Å². The van der Waals surface area contributed by atoms with E-state index in [2.05, 4.69) is 15.3 Å². The lowest BCUT2D eigenvalue weighted by atomic mass is 10.2. The van der Waals surface area contributed by atoms with Gasteiger partial charge in [0, 0.05) is 6.20 Å². The van der Waals surface area contributed by atoms with E-state index in [4.69, 9.17) is 4.42 Å². The maximum atomic E-state index is 12.8. The fourth-order valence-corrected chi connectivity index (χ4v) is 1.30. The third kappa shape index (κ3) is 2.66. The molecule has 0 saturated carbocycles. The molecule has 6 heteroatoms. The standard InChI is InChI=1S/C11H10FN3O2/c1-7-10(15-6-17-7)5-14-11(16)8-2-9(12)4-13-3-8/h2-4,6H,5H2,1H3,(H,14,16). The number of aryl methyl sites for hydroxylation is 1. The van der Waals surface area contributed by atoms with Gasteiger partial charge in [0.25, 0.3) is 5.91 Å². The predicted octanol–water partition coefficient (Wildman–Crippen LogP) is 1.45. The number of pyridine rings is 1. The second-order valence-corrected chi connectivity index (χ2v) is 3.43. The number of oxazole rings is 1. The number of hydrogen-bond donors (Lipinski definition) is 1. The molecule has 0 atom stereocenters. The van der Waals surface area contributed by atoms with Crippen molar-refractivity contribution in [1.82, 2.24) is 15.3 Å². The number of amides is 1. The summed E-state index contributed by atoms with van der Waals surface area (Å²) in [5.74, 6) is -0.308. The average Bonchev–Trinajstić information content (AvgIpc) is 2.72. The highest BCUT2D eigenvalue weighted by atomic mass is 19.1. The molecule has 2 aromatic heterocycles. The molecule has 17 heavy (non-hydrogen) atoms. The highest BCUT2D eigenvalue weighted by molar-refractivity contribution is 5.93. The molecular formula is C11H10FN3O2. The minimum Gasteiger partial charge on any atom is -0.448 e. The van der Waals surface area contributed by atoms with E-state index < -0.39 is 11.7 Å². The van der Waals surface area contributed by atoms with E-state index in [1.165, 1.54) is 12.6 Å². The molecule has 0 aliphatic carbocycles. The Bertz CT molecular complexity index is 539. The lowest BCUT2D eigenvalue weighted by Gasteiger charge is -2.03. The zero-order chi connectivity index (χ0) is 12.3. The van der Waals surface area contributed by atoms with Gasteiger partial charge in [0.2, 0.25) is 0 Å². The molecule has 0 aliphatic rings. The molecule has 5 nitrogen and oxygen atoms in total. The maximum absolute atomic E-state index is 12.8. The van der Waals surface area contributed by atoms with Crippen molar-refractivity contribution >= 4 is 5.91 Å². The van der Waals surface area contributed by atoms with E-state index in [0.29, 0.717) is 11.5 Å². The number of rotatable bonds is 3. The fraction of sp³-hybridized carbons (Fsp3) is 0.182. The van der Waals surface area contributed by atoms with Crippen LogP contribution in [0.2, 0.25) is 0 Å². The number of nitrogens with zero attached hydrogens (tertiary/aromatic N) is 2. The molecule has 0 radical (unpaired) electrons. The quantitative estimate of drug-likeness (QED) is 0.874. The van der Waals surface area contributed by atoms with Crippen molar-refractivity contribution in [2.24, 2.45) is 0 Å². The number of carbonyl (C=O) groups excluding carboxylic acids is 1. The largest absolute Gasteiger partial charge is 0.448 e. The topological polar surface area (TPSA) is 68.0 Å². The van der Waals surface area contributed by atoms with Crippen molar-refractivity contribution in [3.05, 3.63) is 47.7 Å². The van der Waals surface area contributed by atoms with E-state index >= 15 is 0 Å². The first-order valence-corrected chi connectivity index (χ1v) is 4.94. The Balaban J connectivity index is 2.01. The first-order chi connectivity index (χ1) is 8.16. The van der Waals surface area contributed by atoms with Crippen LogP contribution < -0.4 is 5.32 Å². The van der Waals surface area contributed by atoms with Crippen molar-refractivity contribution in [2.75, 3.05) is 0 Å². The van der Waals surface area contributed by atoms with Crippen LogP contribution in [0.4, 0.5) is 4.39 Å². The van der Waals surface area contributed by atoms with Crippen molar-refractivity contribution < 1.29 is 13.6 Å². The molecule has 2 aromatic rings. The van der Waals surface area contributed by atoms with Gasteiger partial charge in [0.15, 0.2) is 6.39 Å². The zero-order valence-electron chi connectivity index (χ0n) is 9.11. The first-order valence-electron chi connectivity index (χ1n) is 4.94. The highest BCUT2D eigenvalue weighted by Gasteiger charge is 2.09. The first kappa shape index (κ1) is 11.3. The van der Waals surface area contributed by atoms with Crippen LogP contribution in [-0.4, -0.2) is 15.9 Å². The van der Waals surface area contributed by atoms with E-state index in [0.717, 1.165) is 12.3 Å². The van der Waals surface area contributed by atoms with Gasteiger partial charge in [0.05, 0.1) is 18.3 Å². The Kier molecular flexibility index (Phi) is 3.13. The predicted molar refractivity (Wildman–Crippen MR) is 56.6 cm³/mol. The van der Waals surface area contributed by atoms with Gasteiger partial charge in [-0.15, -0.1) is 0 Å².